The molecule has 6 nitrogen and oxygen atoms in total. The highest BCUT2D eigenvalue weighted by atomic mass is 16.2. The maximum absolute atomic E-state index is 12.6. The van der Waals surface area contributed by atoms with E-state index < -0.39 is 0 Å². The molecule has 1 aromatic heterocycles. The molecule has 2 fully saturated rings. The van der Waals surface area contributed by atoms with Gasteiger partial charge < -0.3 is 10.2 Å². The number of piperidine rings is 1. The summed E-state index contributed by atoms with van der Waals surface area (Å²) in [6, 6.07) is 0.372. The van der Waals surface area contributed by atoms with Gasteiger partial charge in [-0.3, -0.25) is 4.79 Å². The molecule has 2 aliphatic rings. The minimum absolute atomic E-state index is 0.0210. The lowest BCUT2D eigenvalue weighted by molar-refractivity contribution is 0.0645. The molecule has 1 amide bonds. The number of nitrogens with zero attached hydrogens (tertiary/aromatic N) is 4. The number of hydrogen-bond donors (Lipinski definition) is 1. The van der Waals surface area contributed by atoms with Crippen molar-refractivity contribution in [3.63, 3.8) is 0 Å². The number of likely N-dealkylation sites (tertiary alicyclic amines) is 1. The number of rotatable bonds is 2. The third-order valence-corrected chi connectivity index (χ3v) is 4.56. The molecule has 0 atom stereocenters. The summed E-state index contributed by atoms with van der Waals surface area (Å²) in [5.41, 5.74) is 0.425. The fraction of sp³-hybridized carbons (Fsp3) is 0.786. The number of carbonyl (C=O) groups excluding carboxylic acids is 1. The predicted octanol–water partition coefficient (Wildman–Crippen LogP) is 1.22. The second-order valence-electron chi connectivity index (χ2n) is 6.44. The largest absolute Gasteiger partial charge is 0.332 e. The second kappa shape index (κ2) is 5.16. The molecule has 2 saturated heterocycles. The number of aromatic nitrogens is 3. The topological polar surface area (TPSA) is 63.1 Å². The van der Waals surface area contributed by atoms with Crippen LogP contribution < -0.4 is 5.32 Å². The number of hydrogen-bond acceptors (Lipinski definition) is 4. The zero-order chi connectivity index (χ0) is 14.2. The molecule has 110 valence electrons. The Kier molecular flexibility index (Phi) is 3.50. The van der Waals surface area contributed by atoms with E-state index in [1.807, 2.05) is 15.8 Å². The molecule has 6 heteroatoms. The molecule has 1 aromatic rings. The van der Waals surface area contributed by atoms with Gasteiger partial charge in [-0.15, -0.1) is 5.10 Å². The van der Waals surface area contributed by atoms with Crippen LogP contribution >= 0.6 is 0 Å². The molecule has 3 rings (SSSR count). The Balaban J connectivity index is 1.74. The predicted molar refractivity (Wildman–Crippen MR) is 75.5 cm³/mol. The van der Waals surface area contributed by atoms with Crippen LogP contribution in [0.2, 0.25) is 0 Å². The normalized spacial score (nSPS) is 23.2. The highest BCUT2D eigenvalue weighted by molar-refractivity contribution is 5.92. The van der Waals surface area contributed by atoms with Gasteiger partial charge in [-0.05, 0) is 52.6 Å². The van der Waals surface area contributed by atoms with Crippen molar-refractivity contribution in [2.75, 3.05) is 19.6 Å². The van der Waals surface area contributed by atoms with E-state index in [4.69, 9.17) is 0 Å². The highest BCUT2D eigenvalue weighted by Gasteiger charge is 2.37. The Hall–Kier alpha value is -1.43. The van der Waals surface area contributed by atoms with Gasteiger partial charge in [0.1, 0.15) is 0 Å². The lowest BCUT2D eigenvalue weighted by Crippen LogP contribution is -2.42. The van der Waals surface area contributed by atoms with Gasteiger partial charge in [-0.1, -0.05) is 5.21 Å². The Morgan fingerprint density at radius 3 is 2.80 bits per heavy atom. The van der Waals surface area contributed by atoms with Gasteiger partial charge in [0.25, 0.3) is 5.91 Å². The Bertz CT molecular complexity index is 490. The molecule has 3 heterocycles. The van der Waals surface area contributed by atoms with Crippen molar-refractivity contribution in [3.8, 4) is 0 Å². The summed E-state index contributed by atoms with van der Waals surface area (Å²) in [5, 5.41) is 11.6. The van der Waals surface area contributed by atoms with Crippen LogP contribution in [0.1, 0.15) is 56.1 Å². The maximum Gasteiger partial charge on any atom is 0.276 e. The van der Waals surface area contributed by atoms with Crippen molar-refractivity contribution in [2.45, 2.75) is 51.1 Å². The van der Waals surface area contributed by atoms with E-state index in [0.717, 1.165) is 45.3 Å². The zero-order valence-corrected chi connectivity index (χ0v) is 12.3. The molecule has 0 bridgehead atoms. The SMILES string of the molecule is CC1(C)CCCN1C(=O)c1cn(C2CCNCC2)nn1. The molecule has 20 heavy (non-hydrogen) atoms. The van der Waals surface area contributed by atoms with E-state index in [2.05, 4.69) is 29.5 Å². The summed E-state index contributed by atoms with van der Waals surface area (Å²) in [7, 11) is 0. The summed E-state index contributed by atoms with van der Waals surface area (Å²) < 4.78 is 1.87. The first-order chi connectivity index (χ1) is 9.58. The first kappa shape index (κ1) is 13.5. The molecular weight excluding hydrogens is 254 g/mol. The average molecular weight is 277 g/mol. The van der Waals surface area contributed by atoms with Gasteiger partial charge in [-0.2, -0.15) is 0 Å². The molecule has 0 aliphatic carbocycles. The van der Waals surface area contributed by atoms with Crippen molar-refractivity contribution in [1.82, 2.24) is 25.2 Å². The number of amides is 1. The summed E-state index contributed by atoms with van der Waals surface area (Å²) >= 11 is 0. The zero-order valence-electron chi connectivity index (χ0n) is 12.3. The first-order valence-corrected chi connectivity index (χ1v) is 7.52. The first-order valence-electron chi connectivity index (χ1n) is 7.52. The highest BCUT2D eigenvalue weighted by Crippen LogP contribution is 2.29. The molecule has 0 unspecified atom stereocenters. The molecule has 2 aliphatic heterocycles. The van der Waals surface area contributed by atoms with Crippen molar-refractivity contribution in [1.29, 1.82) is 0 Å². The standard InChI is InChI=1S/C14H23N5O/c1-14(2)6-3-9-18(14)13(20)12-10-19(17-16-12)11-4-7-15-8-5-11/h10-11,15H,3-9H2,1-2H3. The molecule has 1 N–H and O–H groups in total. The van der Waals surface area contributed by atoms with E-state index >= 15 is 0 Å². The van der Waals surface area contributed by atoms with E-state index in [1.165, 1.54) is 0 Å². The fourth-order valence-corrected chi connectivity index (χ4v) is 3.25. The third-order valence-electron chi connectivity index (χ3n) is 4.56. The average Bonchev–Trinajstić information content (AvgIpc) is 3.05. The minimum atomic E-state index is -0.0599. The van der Waals surface area contributed by atoms with Crippen molar-refractivity contribution in [3.05, 3.63) is 11.9 Å². The van der Waals surface area contributed by atoms with Gasteiger partial charge >= 0.3 is 0 Å². The molecular formula is C14H23N5O. The number of nitrogens with one attached hydrogen (secondary N) is 1. The lowest BCUT2D eigenvalue weighted by Gasteiger charge is -2.30. The van der Waals surface area contributed by atoms with Crippen LogP contribution in [0.3, 0.4) is 0 Å². The minimum Gasteiger partial charge on any atom is -0.332 e. The van der Waals surface area contributed by atoms with E-state index in [1.54, 1.807) is 0 Å². The second-order valence-corrected chi connectivity index (χ2v) is 6.44. The lowest BCUT2D eigenvalue weighted by atomic mass is 10.0. The van der Waals surface area contributed by atoms with Gasteiger partial charge in [0.05, 0.1) is 12.2 Å². The van der Waals surface area contributed by atoms with Crippen LogP contribution in [0.4, 0.5) is 0 Å². The van der Waals surface area contributed by atoms with Gasteiger partial charge in [0, 0.05) is 12.1 Å². The van der Waals surface area contributed by atoms with E-state index in [9.17, 15) is 4.79 Å². The Morgan fingerprint density at radius 1 is 1.40 bits per heavy atom. The van der Waals surface area contributed by atoms with Crippen molar-refractivity contribution in [2.24, 2.45) is 0 Å². The summed E-state index contributed by atoms with van der Waals surface area (Å²) in [4.78, 5) is 14.5. The van der Waals surface area contributed by atoms with Crippen LogP contribution in [-0.4, -0.2) is 51.0 Å². The summed E-state index contributed by atoms with van der Waals surface area (Å²) in [5.74, 6) is 0.0210. The third kappa shape index (κ3) is 2.44. The van der Waals surface area contributed by atoms with E-state index in [0.29, 0.717) is 11.7 Å². The maximum atomic E-state index is 12.6. The van der Waals surface area contributed by atoms with Gasteiger partial charge in [-0.25, -0.2) is 4.68 Å². The van der Waals surface area contributed by atoms with Crippen LogP contribution in [0.15, 0.2) is 6.20 Å². The Labute approximate surface area is 119 Å². The van der Waals surface area contributed by atoms with Crippen LogP contribution in [0, 0.1) is 0 Å². The number of carbonyl (C=O) groups is 1. The Morgan fingerprint density at radius 2 is 2.15 bits per heavy atom. The summed E-state index contributed by atoms with van der Waals surface area (Å²) in [6.07, 6.45) is 6.05. The smallest absolute Gasteiger partial charge is 0.276 e. The molecule has 0 radical (unpaired) electrons. The van der Waals surface area contributed by atoms with Gasteiger partial charge in [0.15, 0.2) is 5.69 Å². The molecule has 0 saturated carbocycles. The van der Waals surface area contributed by atoms with E-state index in [-0.39, 0.29) is 11.4 Å². The van der Waals surface area contributed by atoms with Crippen LogP contribution in [0.5, 0.6) is 0 Å². The monoisotopic (exact) mass is 277 g/mol. The van der Waals surface area contributed by atoms with Crippen LogP contribution in [-0.2, 0) is 0 Å². The summed E-state index contributed by atoms with van der Waals surface area (Å²) in [6.45, 7) is 7.08. The van der Waals surface area contributed by atoms with Crippen molar-refractivity contribution < 1.29 is 4.79 Å². The molecule has 0 spiro atoms. The quantitative estimate of drug-likeness (QED) is 0.883. The molecule has 0 aromatic carbocycles. The van der Waals surface area contributed by atoms with Crippen molar-refractivity contribution >= 4 is 5.91 Å². The van der Waals surface area contributed by atoms with Gasteiger partial charge in [0.2, 0.25) is 0 Å². The fourth-order valence-electron chi connectivity index (χ4n) is 3.25. The van der Waals surface area contributed by atoms with Crippen LogP contribution in [0.25, 0.3) is 0 Å².